The van der Waals surface area contributed by atoms with E-state index in [9.17, 15) is 24.3 Å². The molecule has 0 saturated carbocycles. The van der Waals surface area contributed by atoms with Crippen molar-refractivity contribution in [1.29, 1.82) is 0 Å². The average molecular weight is 569 g/mol. The molecule has 0 aliphatic heterocycles. The predicted octanol–water partition coefficient (Wildman–Crippen LogP) is 8.89. The summed E-state index contributed by atoms with van der Waals surface area (Å²) in [7, 11) is 0. The molecule has 0 aliphatic carbocycles. The molecule has 0 aromatic carbocycles. The number of carbonyl (C=O) groups excluding carboxylic acids is 3. The van der Waals surface area contributed by atoms with Gasteiger partial charge >= 0.3 is 17.9 Å². The molecule has 0 heterocycles. The van der Waals surface area contributed by atoms with E-state index in [-0.39, 0.29) is 12.8 Å². The Balaban J connectivity index is 4.17. The molecule has 0 amide bonds. The molecule has 2 atom stereocenters. The molecule has 0 bridgehead atoms. The van der Waals surface area contributed by atoms with Gasteiger partial charge in [0, 0.05) is 12.8 Å². The predicted molar refractivity (Wildman–Crippen MR) is 160 cm³/mol. The highest BCUT2D eigenvalue weighted by Gasteiger charge is 2.38. The van der Waals surface area contributed by atoms with E-state index in [0.717, 1.165) is 45.4 Å². The molecular weight excluding hydrogens is 508 g/mol. The molecule has 0 aromatic heterocycles. The summed E-state index contributed by atoms with van der Waals surface area (Å²) >= 11 is 0. The number of hydrogen-bond donors (Lipinski definition) is 1. The summed E-state index contributed by atoms with van der Waals surface area (Å²) in [4.78, 5) is 48.4. The number of hydrogen-bond acceptors (Lipinski definition) is 6. The fraction of sp³-hybridized carbons (Fsp3) is 0.879. The van der Waals surface area contributed by atoms with Gasteiger partial charge in [-0.25, -0.2) is 4.79 Å². The zero-order valence-electron chi connectivity index (χ0n) is 26.0. The minimum absolute atomic E-state index is 0.0815. The molecule has 0 aliphatic rings. The molecule has 0 unspecified atom stereocenters. The molecule has 0 spiro atoms. The van der Waals surface area contributed by atoms with Gasteiger partial charge in [0.15, 0.2) is 5.78 Å². The molecule has 40 heavy (non-hydrogen) atoms. The maximum atomic E-state index is 12.3. The third-order valence-electron chi connectivity index (χ3n) is 7.40. The first-order valence-corrected chi connectivity index (χ1v) is 16.5. The summed E-state index contributed by atoms with van der Waals surface area (Å²) in [5.74, 6) is -3.46. The lowest BCUT2D eigenvalue weighted by Crippen LogP contribution is -2.45. The van der Waals surface area contributed by atoms with Gasteiger partial charge in [0.1, 0.15) is 0 Å². The third-order valence-corrected chi connectivity index (χ3v) is 7.40. The Morgan fingerprint density at radius 3 is 1.02 bits per heavy atom. The van der Waals surface area contributed by atoms with Crippen LogP contribution in [0.15, 0.2) is 0 Å². The molecule has 0 aromatic rings. The Labute approximate surface area is 244 Å². The lowest BCUT2D eigenvalue weighted by atomic mass is 10.1. The molecule has 7 nitrogen and oxygen atoms in total. The van der Waals surface area contributed by atoms with E-state index in [1.54, 1.807) is 0 Å². The first kappa shape index (κ1) is 38.1. The minimum Gasteiger partial charge on any atom is -0.478 e. The Bertz CT molecular complexity index is 605. The summed E-state index contributed by atoms with van der Waals surface area (Å²) < 4.78 is 10.3. The molecule has 0 rings (SSSR count). The lowest BCUT2D eigenvalue weighted by molar-refractivity contribution is -0.181. The fourth-order valence-electron chi connectivity index (χ4n) is 4.87. The number of esters is 2. The van der Waals surface area contributed by atoms with Crippen molar-refractivity contribution >= 4 is 23.7 Å². The van der Waals surface area contributed by atoms with Crippen LogP contribution in [0.3, 0.4) is 0 Å². The maximum Gasteiger partial charge on any atom is 0.349 e. The van der Waals surface area contributed by atoms with E-state index in [1.807, 2.05) is 0 Å². The maximum absolute atomic E-state index is 12.3. The number of unbranched alkanes of at least 4 members (excludes halogenated alkanes) is 20. The highest BCUT2D eigenvalue weighted by molar-refractivity contribution is 5.91. The summed E-state index contributed by atoms with van der Waals surface area (Å²) in [6.07, 6.45) is 21.9. The third kappa shape index (κ3) is 22.9. The Morgan fingerprint density at radius 2 is 0.750 bits per heavy atom. The van der Waals surface area contributed by atoms with Crippen molar-refractivity contribution in [3.05, 3.63) is 0 Å². The Hall–Kier alpha value is -1.92. The monoisotopic (exact) mass is 568 g/mol. The van der Waals surface area contributed by atoms with Crippen molar-refractivity contribution in [2.45, 2.75) is 187 Å². The van der Waals surface area contributed by atoms with Gasteiger partial charge in [-0.05, 0) is 19.8 Å². The van der Waals surface area contributed by atoms with Crippen LogP contribution in [0.2, 0.25) is 0 Å². The normalized spacial score (nSPS) is 12.6. The molecule has 0 saturated heterocycles. The minimum atomic E-state index is -1.82. The van der Waals surface area contributed by atoms with E-state index < -0.39 is 35.9 Å². The van der Waals surface area contributed by atoms with E-state index >= 15 is 0 Å². The number of carboxylic acids is 1. The molecule has 1 N–H and O–H groups in total. The number of ether oxygens (including phenoxy) is 2. The molecule has 7 heteroatoms. The zero-order valence-corrected chi connectivity index (χ0v) is 26.0. The van der Waals surface area contributed by atoms with Gasteiger partial charge in [-0.15, -0.1) is 0 Å². The van der Waals surface area contributed by atoms with E-state index in [2.05, 4.69) is 13.8 Å². The van der Waals surface area contributed by atoms with Gasteiger partial charge in [0.25, 0.3) is 0 Å². The van der Waals surface area contributed by atoms with Crippen molar-refractivity contribution in [3.8, 4) is 0 Å². The van der Waals surface area contributed by atoms with E-state index in [4.69, 9.17) is 9.47 Å². The van der Waals surface area contributed by atoms with Crippen molar-refractivity contribution in [2.24, 2.45) is 0 Å². The number of Topliss-reactive ketones (excluding diaryl/α,β-unsaturated/α-hetero) is 1. The summed E-state index contributed by atoms with van der Waals surface area (Å²) in [5, 5.41) is 9.57. The molecular formula is C33H60O7. The van der Waals surface area contributed by atoms with Gasteiger partial charge in [0.05, 0.1) is 0 Å². The second kappa shape index (κ2) is 27.3. The van der Waals surface area contributed by atoms with Gasteiger partial charge in [-0.3, -0.25) is 14.4 Å². The zero-order chi connectivity index (χ0) is 29.8. The average Bonchev–Trinajstić information content (AvgIpc) is 2.92. The highest BCUT2D eigenvalue weighted by atomic mass is 16.6. The highest BCUT2D eigenvalue weighted by Crippen LogP contribution is 2.16. The van der Waals surface area contributed by atoms with Gasteiger partial charge < -0.3 is 14.6 Å². The quantitative estimate of drug-likeness (QED) is 0.0709. The lowest BCUT2D eigenvalue weighted by Gasteiger charge is -2.22. The van der Waals surface area contributed by atoms with Crippen molar-refractivity contribution in [2.75, 3.05) is 0 Å². The summed E-state index contributed by atoms with van der Waals surface area (Å²) in [5.41, 5.74) is 0. The summed E-state index contributed by atoms with van der Waals surface area (Å²) in [6.45, 7) is 5.58. The van der Waals surface area contributed by atoms with Crippen LogP contribution in [0.1, 0.15) is 175 Å². The van der Waals surface area contributed by atoms with Crippen LogP contribution in [0, 0.1) is 0 Å². The number of ketones is 1. The van der Waals surface area contributed by atoms with Crippen LogP contribution < -0.4 is 0 Å². The van der Waals surface area contributed by atoms with Gasteiger partial charge in [-0.2, -0.15) is 0 Å². The first-order valence-electron chi connectivity index (χ1n) is 16.5. The summed E-state index contributed by atoms with van der Waals surface area (Å²) in [6, 6.07) is 0. The molecule has 234 valence electrons. The number of carbonyl (C=O) groups is 4. The van der Waals surface area contributed by atoms with Crippen LogP contribution in [0.25, 0.3) is 0 Å². The second-order valence-electron chi connectivity index (χ2n) is 11.3. The molecule has 0 radical (unpaired) electrons. The largest absolute Gasteiger partial charge is 0.478 e. The smallest absolute Gasteiger partial charge is 0.349 e. The second-order valence-corrected chi connectivity index (χ2v) is 11.3. The number of aliphatic carboxylic acids is 1. The first-order chi connectivity index (χ1) is 19.3. The van der Waals surface area contributed by atoms with E-state index in [1.165, 1.54) is 89.9 Å². The van der Waals surface area contributed by atoms with Crippen LogP contribution in [0.5, 0.6) is 0 Å². The van der Waals surface area contributed by atoms with Crippen molar-refractivity contribution in [3.63, 3.8) is 0 Å². The van der Waals surface area contributed by atoms with Crippen LogP contribution in [-0.4, -0.2) is 41.0 Å². The van der Waals surface area contributed by atoms with Crippen molar-refractivity contribution < 1.29 is 33.8 Å². The van der Waals surface area contributed by atoms with Gasteiger partial charge in [-0.1, -0.05) is 142 Å². The standard InChI is InChI=1S/C33H60O7/c1-4-6-8-10-12-14-16-18-20-22-24-26-29(35)39-31(28(3)34)32(33(37)38)40-30(36)27-25-23-21-19-17-15-13-11-9-7-5-2/h31-32H,4-27H2,1-3H3,(H,37,38)/t31-,32+/m0/s1. The molecule has 0 fully saturated rings. The fourth-order valence-corrected chi connectivity index (χ4v) is 4.87. The Morgan fingerprint density at radius 1 is 0.475 bits per heavy atom. The Kier molecular flexibility index (Phi) is 26.0. The number of rotatable bonds is 29. The van der Waals surface area contributed by atoms with Gasteiger partial charge in [0.2, 0.25) is 12.2 Å². The van der Waals surface area contributed by atoms with Crippen LogP contribution >= 0.6 is 0 Å². The van der Waals surface area contributed by atoms with Crippen molar-refractivity contribution in [1.82, 2.24) is 0 Å². The number of carboxylic acid groups (broad SMARTS) is 1. The topological polar surface area (TPSA) is 107 Å². The van der Waals surface area contributed by atoms with Crippen LogP contribution in [0.4, 0.5) is 0 Å². The SMILES string of the molecule is CCCCCCCCCCCCCC(=O)O[C@@H](C(C)=O)[C@@H](OC(=O)CCCCCCCCCCCCC)C(=O)O. The van der Waals surface area contributed by atoms with E-state index in [0.29, 0.717) is 12.8 Å². The van der Waals surface area contributed by atoms with Crippen LogP contribution in [-0.2, 0) is 28.7 Å².